The largest absolute Gasteiger partial charge is 0.376 e. The van der Waals surface area contributed by atoms with Crippen molar-refractivity contribution in [3.8, 4) is 0 Å². The first-order chi connectivity index (χ1) is 7.59. The van der Waals surface area contributed by atoms with Crippen LogP contribution >= 0.6 is 0 Å². The van der Waals surface area contributed by atoms with Gasteiger partial charge >= 0.3 is 0 Å². The highest BCUT2D eigenvalue weighted by molar-refractivity contribution is 5.84. The second-order valence-corrected chi connectivity index (χ2v) is 5.01. The van der Waals surface area contributed by atoms with Crippen molar-refractivity contribution < 1.29 is 9.53 Å². The summed E-state index contributed by atoms with van der Waals surface area (Å²) in [5, 5.41) is 3.25. The van der Waals surface area contributed by atoms with Crippen molar-refractivity contribution in [2.24, 2.45) is 0 Å². The number of likely N-dealkylation sites (tertiary alicyclic amines) is 1. The molecule has 0 aromatic heterocycles. The fraction of sp³-hybridized carbons (Fsp3) is 0.917. The minimum Gasteiger partial charge on any atom is -0.376 e. The second kappa shape index (κ2) is 4.34. The van der Waals surface area contributed by atoms with Gasteiger partial charge in [0.15, 0.2) is 0 Å². The molecule has 4 heteroatoms. The lowest BCUT2D eigenvalue weighted by atomic mass is 9.92. The van der Waals surface area contributed by atoms with Crippen LogP contribution in [0.5, 0.6) is 0 Å². The van der Waals surface area contributed by atoms with Crippen LogP contribution in [0.15, 0.2) is 0 Å². The van der Waals surface area contributed by atoms with Gasteiger partial charge < -0.3 is 15.0 Å². The smallest absolute Gasteiger partial charge is 0.240 e. The maximum atomic E-state index is 12.2. The van der Waals surface area contributed by atoms with Gasteiger partial charge in [-0.3, -0.25) is 4.79 Å². The van der Waals surface area contributed by atoms with Gasteiger partial charge in [-0.05, 0) is 33.2 Å². The number of hydrogen-bond acceptors (Lipinski definition) is 3. The van der Waals surface area contributed by atoms with Crippen LogP contribution in [-0.2, 0) is 9.53 Å². The molecule has 0 spiro atoms. The summed E-state index contributed by atoms with van der Waals surface area (Å²) in [7, 11) is 0. The first-order valence-electron chi connectivity index (χ1n) is 6.26. The maximum Gasteiger partial charge on any atom is 0.240 e. The molecule has 3 unspecified atom stereocenters. The van der Waals surface area contributed by atoms with E-state index in [1.54, 1.807) is 0 Å². The number of nitrogens with one attached hydrogen (secondary N) is 1. The Hall–Kier alpha value is -0.610. The molecular weight excluding hydrogens is 204 g/mol. The monoisotopic (exact) mass is 226 g/mol. The van der Waals surface area contributed by atoms with Crippen LogP contribution in [0.2, 0.25) is 0 Å². The molecule has 0 aliphatic carbocycles. The lowest BCUT2D eigenvalue weighted by molar-refractivity contribution is -0.136. The number of rotatable bonds is 3. The lowest BCUT2D eigenvalue weighted by Crippen LogP contribution is -2.53. The Morgan fingerprint density at radius 3 is 2.94 bits per heavy atom. The van der Waals surface area contributed by atoms with E-state index < -0.39 is 0 Å². The molecule has 2 aliphatic heterocycles. The predicted octanol–water partition coefficient (Wildman–Crippen LogP) is 0.764. The van der Waals surface area contributed by atoms with Crippen LogP contribution in [0.3, 0.4) is 0 Å². The summed E-state index contributed by atoms with van der Waals surface area (Å²) in [4.78, 5) is 14.3. The van der Waals surface area contributed by atoms with E-state index >= 15 is 0 Å². The van der Waals surface area contributed by atoms with Crippen LogP contribution in [0.1, 0.15) is 33.6 Å². The van der Waals surface area contributed by atoms with Crippen LogP contribution in [0.4, 0.5) is 0 Å². The molecule has 4 nitrogen and oxygen atoms in total. The maximum absolute atomic E-state index is 12.2. The van der Waals surface area contributed by atoms with Crippen molar-refractivity contribution in [1.82, 2.24) is 10.2 Å². The van der Waals surface area contributed by atoms with E-state index in [9.17, 15) is 4.79 Å². The van der Waals surface area contributed by atoms with E-state index in [0.29, 0.717) is 0 Å². The fourth-order valence-corrected chi connectivity index (χ4v) is 2.80. The minimum absolute atomic E-state index is 0.0228. The Kier molecular flexibility index (Phi) is 3.22. The van der Waals surface area contributed by atoms with Crippen LogP contribution in [0, 0.1) is 0 Å². The normalized spacial score (nSPS) is 39.7. The third kappa shape index (κ3) is 1.74. The summed E-state index contributed by atoms with van der Waals surface area (Å²) in [6.45, 7) is 8.75. The summed E-state index contributed by atoms with van der Waals surface area (Å²) < 4.78 is 5.61. The lowest BCUT2D eigenvalue weighted by Gasteiger charge is -2.38. The molecule has 3 atom stereocenters. The van der Waals surface area contributed by atoms with Gasteiger partial charge in [0.1, 0.15) is 0 Å². The van der Waals surface area contributed by atoms with Crippen molar-refractivity contribution >= 4 is 5.91 Å². The molecule has 16 heavy (non-hydrogen) atoms. The van der Waals surface area contributed by atoms with E-state index in [2.05, 4.69) is 19.2 Å². The molecule has 0 aromatic carbocycles. The number of carbonyl (C=O) groups is 1. The summed E-state index contributed by atoms with van der Waals surface area (Å²) in [5.74, 6) is 0.252. The SMILES string of the molecule is CCNC1CCN(C2(C)CCOC2C)C1=O. The summed E-state index contributed by atoms with van der Waals surface area (Å²) in [5.41, 5.74) is -0.0960. The zero-order valence-electron chi connectivity index (χ0n) is 10.5. The van der Waals surface area contributed by atoms with Crippen LogP contribution in [0.25, 0.3) is 0 Å². The highest BCUT2D eigenvalue weighted by Gasteiger charge is 2.48. The van der Waals surface area contributed by atoms with Gasteiger partial charge in [-0.1, -0.05) is 6.92 Å². The van der Waals surface area contributed by atoms with E-state index in [1.165, 1.54) is 0 Å². The second-order valence-electron chi connectivity index (χ2n) is 5.01. The molecule has 2 saturated heterocycles. The molecule has 1 N–H and O–H groups in total. The Morgan fingerprint density at radius 2 is 2.38 bits per heavy atom. The molecule has 0 aromatic rings. The molecular formula is C12H22N2O2. The van der Waals surface area contributed by atoms with Gasteiger partial charge in [-0.25, -0.2) is 0 Å². The van der Waals surface area contributed by atoms with Gasteiger partial charge in [0.2, 0.25) is 5.91 Å². The van der Waals surface area contributed by atoms with Crippen molar-refractivity contribution in [2.45, 2.75) is 51.3 Å². The Balaban J connectivity index is 2.09. The Labute approximate surface area is 97.3 Å². The van der Waals surface area contributed by atoms with Gasteiger partial charge in [-0.2, -0.15) is 0 Å². The Bertz CT molecular complexity index is 282. The zero-order chi connectivity index (χ0) is 11.8. The van der Waals surface area contributed by atoms with E-state index in [4.69, 9.17) is 4.74 Å². The van der Waals surface area contributed by atoms with Crippen LogP contribution in [-0.4, -0.2) is 48.2 Å². The topological polar surface area (TPSA) is 41.6 Å². The first kappa shape index (κ1) is 11.9. The number of ether oxygens (including phenoxy) is 1. The number of likely N-dealkylation sites (N-methyl/N-ethyl adjacent to an activating group) is 1. The summed E-state index contributed by atoms with van der Waals surface area (Å²) >= 11 is 0. The highest BCUT2D eigenvalue weighted by atomic mass is 16.5. The molecule has 0 bridgehead atoms. The van der Waals surface area contributed by atoms with E-state index in [-0.39, 0.29) is 23.6 Å². The molecule has 0 radical (unpaired) electrons. The molecule has 2 fully saturated rings. The molecule has 2 heterocycles. The molecule has 2 aliphatic rings. The summed E-state index contributed by atoms with van der Waals surface area (Å²) in [6, 6.07) is 0.0228. The van der Waals surface area contributed by atoms with Gasteiger partial charge in [0.25, 0.3) is 0 Å². The van der Waals surface area contributed by atoms with Crippen molar-refractivity contribution in [1.29, 1.82) is 0 Å². The molecule has 1 amide bonds. The van der Waals surface area contributed by atoms with E-state index in [0.717, 1.165) is 32.5 Å². The quantitative estimate of drug-likeness (QED) is 0.772. The number of amides is 1. The standard InChI is InChI=1S/C12H22N2O2/c1-4-13-10-5-7-14(11(10)15)12(3)6-8-16-9(12)2/h9-10,13H,4-8H2,1-3H3. The predicted molar refractivity (Wildman–Crippen MR) is 62.2 cm³/mol. The number of nitrogens with zero attached hydrogens (tertiary/aromatic N) is 1. The summed E-state index contributed by atoms with van der Waals surface area (Å²) in [6.07, 6.45) is 2.03. The average Bonchev–Trinajstić information content (AvgIpc) is 2.76. The molecule has 92 valence electrons. The van der Waals surface area contributed by atoms with Crippen LogP contribution < -0.4 is 5.32 Å². The average molecular weight is 226 g/mol. The third-order valence-electron chi connectivity index (χ3n) is 4.12. The minimum atomic E-state index is -0.0960. The van der Waals surface area contributed by atoms with Crippen molar-refractivity contribution in [2.75, 3.05) is 19.7 Å². The molecule has 2 rings (SSSR count). The number of hydrogen-bond donors (Lipinski definition) is 1. The van der Waals surface area contributed by atoms with Gasteiger partial charge in [0.05, 0.1) is 17.7 Å². The van der Waals surface area contributed by atoms with Gasteiger partial charge in [0, 0.05) is 13.2 Å². The first-order valence-corrected chi connectivity index (χ1v) is 6.26. The molecule has 0 saturated carbocycles. The third-order valence-corrected chi connectivity index (χ3v) is 4.12. The van der Waals surface area contributed by atoms with Crippen molar-refractivity contribution in [3.63, 3.8) is 0 Å². The van der Waals surface area contributed by atoms with Crippen molar-refractivity contribution in [3.05, 3.63) is 0 Å². The Morgan fingerprint density at radius 1 is 1.62 bits per heavy atom. The zero-order valence-corrected chi connectivity index (χ0v) is 10.5. The highest BCUT2D eigenvalue weighted by Crippen LogP contribution is 2.34. The van der Waals surface area contributed by atoms with E-state index in [1.807, 2.05) is 11.8 Å². The number of carbonyl (C=O) groups excluding carboxylic acids is 1. The fourth-order valence-electron chi connectivity index (χ4n) is 2.80. The van der Waals surface area contributed by atoms with Gasteiger partial charge in [-0.15, -0.1) is 0 Å².